The molecule has 1 N–H and O–H groups in total. The van der Waals surface area contributed by atoms with E-state index in [0.29, 0.717) is 13.1 Å². The Labute approximate surface area is 118 Å². The van der Waals surface area contributed by atoms with Crippen LogP contribution in [0.5, 0.6) is 0 Å². The number of nitrogens with zero attached hydrogens (tertiary/aromatic N) is 2. The summed E-state index contributed by atoms with van der Waals surface area (Å²) in [4.78, 5) is 26.1. The van der Waals surface area contributed by atoms with Crippen LogP contribution in [0.15, 0.2) is 36.4 Å². The van der Waals surface area contributed by atoms with E-state index < -0.39 is 5.97 Å². The summed E-state index contributed by atoms with van der Waals surface area (Å²) < 4.78 is 0. The molecule has 1 saturated heterocycles. The van der Waals surface area contributed by atoms with E-state index in [0.717, 1.165) is 30.9 Å². The molecule has 0 aliphatic carbocycles. The van der Waals surface area contributed by atoms with E-state index in [1.807, 2.05) is 6.07 Å². The first kappa shape index (κ1) is 14.1. The number of rotatable bonds is 3. The number of anilines is 1. The third kappa shape index (κ3) is 3.60. The number of carboxylic acids is 1. The zero-order valence-corrected chi connectivity index (χ0v) is 11.5. The van der Waals surface area contributed by atoms with Crippen LogP contribution in [0.3, 0.4) is 0 Å². The van der Waals surface area contributed by atoms with Crippen LogP contribution in [0, 0.1) is 6.92 Å². The molecule has 5 nitrogen and oxygen atoms in total. The molecule has 1 aromatic carbocycles. The monoisotopic (exact) mass is 274 g/mol. The van der Waals surface area contributed by atoms with Gasteiger partial charge in [-0.15, -0.1) is 0 Å². The third-order valence-corrected chi connectivity index (χ3v) is 3.33. The lowest BCUT2D eigenvalue weighted by atomic mass is 10.2. The van der Waals surface area contributed by atoms with Crippen molar-refractivity contribution in [2.45, 2.75) is 6.92 Å². The third-order valence-electron chi connectivity index (χ3n) is 3.33. The Hall–Kier alpha value is -2.30. The molecule has 0 bridgehead atoms. The maximum atomic E-state index is 11.8. The van der Waals surface area contributed by atoms with Crippen molar-refractivity contribution in [1.82, 2.24) is 4.90 Å². The highest BCUT2D eigenvalue weighted by molar-refractivity contribution is 5.94. The van der Waals surface area contributed by atoms with Crippen LogP contribution in [0.2, 0.25) is 0 Å². The lowest BCUT2D eigenvalue weighted by molar-refractivity contribution is -0.132. The number of carbonyl (C=O) groups excluding carboxylic acids is 1. The van der Waals surface area contributed by atoms with Crippen molar-refractivity contribution >= 4 is 17.6 Å². The van der Waals surface area contributed by atoms with E-state index in [2.05, 4.69) is 30.0 Å². The number of carbonyl (C=O) groups is 2. The molecule has 0 radical (unpaired) electrons. The topological polar surface area (TPSA) is 60.9 Å². The van der Waals surface area contributed by atoms with Gasteiger partial charge < -0.3 is 14.9 Å². The second kappa shape index (κ2) is 6.23. The van der Waals surface area contributed by atoms with Crippen LogP contribution in [-0.2, 0) is 9.59 Å². The first-order valence-corrected chi connectivity index (χ1v) is 6.58. The van der Waals surface area contributed by atoms with Crippen LogP contribution < -0.4 is 4.90 Å². The van der Waals surface area contributed by atoms with E-state index in [-0.39, 0.29) is 5.91 Å². The minimum Gasteiger partial charge on any atom is -0.478 e. The second-order valence-electron chi connectivity index (χ2n) is 4.82. The molecule has 5 heteroatoms. The van der Waals surface area contributed by atoms with Crippen LogP contribution in [0.25, 0.3) is 0 Å². The van der Waals surface area contributed by atoms with Crippen LogP contribution in [-0.4, -0.2) is 48.1 Å². The van der Waals surface area contributed by atoms with Crippen LogP contribution >= 0.6 is 0 Å². The van der Waals surface area contributed by atoms with Crippen molar-refractivity contribution in [1.29, 1.82) is 0 Å². The highest BCUT2D eigenvalue weighted by Crippen LogP contribution is 2.17. The first-order valence-electron chi connectivity index (χ1n) is 6.58. The molecule has 1 aliphatic heterocycles. The van der Waals surface area contributed by atoms with Gasteiger partial charge in [0.25, 0.3) is 0 Å². The van der Waals surface area contributed by atoms with Gasteiger partial charge in [0, 0.05) is 44.0 Å². The van der Waals surface area contributed by atoms with Gasteiger partial charge in [0.05, 0.1) is 0 Å². The molecule has 20 heavy (non-hydrogen) atoms. The van der Waals surface area contributed by atoms with Gasteiger partial charge in [-0.2, -0.15) is 0 Å². The number of aryl methyl sites for hydroxylation is 1. The second-order valence-corrected chi connectivity index (χ2v) is 4.82. The summed E-state index contributed by atoms with van der Waals surface area (Å²) in [5.74, 6) is -1.34. The molecular weight excluding hydrogens is 256 g/mol. The van der Waals surface area contributed by atoms with Crippen molar-refractivity contribution in [2.75, 3.05) is 31.1 Å². The van der Waals surface area contributed by atoms with E-state index in [1.165, 1.54) is 5.56 Å². The lowest BCUT2D eigenvalue weighted by Crippen LogP contribution is -2.48. The van der Waals surface area contributed by atoms with Gasteiger partial charge >= 0.3 is 5.97 Å². The van der Waals surface area contributed by atoms with Crippen molar-refractivity contribution in [3.63, 3.8) is 0 Å². The Morgan fingerprint density at radius 2 is 1.85 bits per heavy atom. The highest BCUT2D eigenvalue weighted by Gasteiger charge is 2.19. The molecule has 0 atom stereocenters. The largest absolute Gasteiger partial charge is 0.478 e. The molecule has 1 aromatic rings. The molecule has 2 rings (SSSR count). The molecule has 1 aliphatic rings. The minimum absolute atomic E-state index is 0.240. The molecule has 1 amide bonds. The summed E-state index contributed by atoms with van der Waals surface area (Å²) in [6, 6.07) is 8.27. The average Bonchev–Trinajstić information content (AvgIpc) is 2.45. The predicted octanol–water partition coefficient (Wildman–Crippen LogP) is 1.28. The van der Waals surface area contributed by atoms with Gasteiger partial charge in [-0.05, 0) is 24.6 Å². The summed E-state index contributed by atoms with van der Waals surface area (Å²) in [6.45, 7) is 4.79. The Balaban J connectivity index is 1.92. The fourth-order valence-electron chi connectivity index (χ4n) is 2.26. The summed E-state index contributed by atoms with van der Waals surface area (Å²) in [5.41, 5.74) is 2.38. The SMILES string of the molecule is Cc1cccc(N2CCN(C(=O)/C=C\C(=O)O)CC2)c1. The van der Waals surface area contributed by atoms with E-state index in [1.54, 1.807) is 4.90 Å². The summed E-state index contributed by atoms with van der Waals surface area (Å²) >= 11 is 0. The van der Waals surface area contributed by atoms with Gasteiger partial charge in [-0.3, -0.25) is 4.79 Å². The Kier molecular flexibility index (Phi) is 4.40. The summed E-state index contributed by atoms with van der Waals surface area (Å²) in [7, 11) is 0. The molecule has 0 unspecified atom stereocenters. The molecular formula is C15H18N2O3. The number of hydrogen-bond acceptors (Lipinski definition) is 3. The van der Waals surface area contributed by atoms with E-state index in [4.69, 9.17) is 5.11 Å². The molecule has 1 fully saturated rings. The number of amides is 1. The predicted molar refractivity (Wildman–Crippen MR) is 76.7 cm³/mol. The smallest absolute Gasteiger partial charge is 0.328 e. The van der Waals surface area contributed by atoms with E-state index in [9.17, 15) is 9.59 Å². The quantitative estimate of drug-likeness (QED) is 0.844. The number of benzene rings is 1. The van der Waals surface area contributed by atoms with E-state index >= 15 is 0 Å². The number of carboxylic acid groups (broad SMARTS) is 1. The number of hydrogen-bond donors (Lipinski definition) is 1. The first-order chi connectivity index (χ1) is 9.56. The van der Waals surface area contributed by atoms with Crippen molar-refractivity contribution in [3.8, 4) is 0 Å². The molecule has 0 aromatic heterocycles. The summed E-state index contributed by atoms with van der Waals surface area (Å²) in [6.07, 6.45) is 2.00. The normalized spacial score (nSPS) is 15.7. The Morgan fingerprint density at radius 3 is 2.45 bits per heavy atom. The minimum atomic E-state index is -1.10. The van der Waals surface area contributed by atoms with Crippen LogP contribution in [0.4, 0.5) is 5.69 Å². The average molecular weight is 274 g/mol. The van der Waals surface area contributed by atoms with Gasteiger partial charge in [0.1, 0.15) is 0 Å². The van der Waals surface area contributed by atoms with Gasteiger partial charge in [0.15, 0.2) is 0 Å². The van der Waals surface area contributed by atoms with Crippen LogP contribution in [0.1, 0.15) is 5.56 Å². The molecule has 1 heterocycles. The lowest BCUT2D eigenvalue weighted by Gasteiger charge is -2.35. The standard InChI is InChI=1S/C15H18N2O3/c1-12-3-2-4-13(11-12)16-7-9-17(10-8-16)14(18)5-6-15(19)20/h2-6,11H,7-10H2,1H3,(H,19,20)/b6-5-. The fraction of sp³-hybridized carbons (Fsp3) is 0.333. The zero-order chi connectivity index (χ0) is 14.5. The Morgan fingerprint density at radius 1 is 1.15 bits per heavy atom. The maximum Gasteiger partial charge on any atom is 0.328 e. The fourth-order valence-corrected chi connectivity index (χ4v) is 2.26. The van der Waals surface area contributed by atoms with Crippen molar-refractivity contribution in [3.05, 3.63) is 42.0 Å². The zero-order valence-electron chi connectivity index (χ0n) is 11.5. The van der Waals surface area contributed by atoms with Crippen molar-refractivity contribution < 1.29 is 14.7 Å². The molecule has 0 saturated carbocycles. The maximum absolute atomic E-state index is 11.8. The highest BCUT2D eigenvalue weighted by atomic mass is 16.4. The molecule has 106 valence electrons. The number of aliphatic carboxylic acids is 1. The summed E-state index contributed by atoms with van der Waals surface area (Å²) in [5, 5.41) is 8.51. The Bertz CT molecular complexity index is 532. The molecule has 0 spiro atoms. The van der Waals surface area contributed by atoms with Gasteiger partial charge in [-0.1, -0.05) is 12.1 Å². The van der Waals surface area contributed by atoms with Gasteiger partial charge in [-0.25, -0.2) is 4.79 Å². The number of piperazine rings is 1. The van der Waals surface area contributed by atoms with Crippen molar-refractivity contribution in [2.24, 2.45) is 0 Å². The van der Waals surface area contributed by atoms with Gasteiger partial charge in [0.2, 0.25) is 5.91 Å².